The molecule has 2 heterocycles. The van der Waals surface area contributed by atoms with Gasteiger partial charge in [0.2, 0.25) is 0 Å². The summed E-state index contributed by atoms with van der Waals surface area (Å²) in [6, 6.07) is 53.3. The Kier molecular flexibility index (Phi) is 7.94. The summed E-state index contributed by atoms with van der Waals surface area (Å²) in [5.41, 5.74) is 11.9. The van der Waals surface area contributed by atoms with Crippen molar-refractivity contribution in [2.45, 2.75) is 42.7 Å². The van der Waals surface area contributed by atoms with Crippen LogP contribution in [0, 0.1) is 23.7 Å². The Hall–Kier alpha value is -4.22. The number of aromatic nitrogens is 2. The summed E-state index contributed by atoms with van der Waals surface area (Å²) in [5, 5.41) is 1.58. The van der Waals surface area contributed by atoms with Crippen LogP contribution in [0.5, 0.6) is 0 Å². The van der Waals surface area contributed by atoms with Crippen LogP contribution in [0.3, 0.4) is 0 Å². The van der Waals surface area contributed by atoms with Crippen LogP contribution in [-0.2, 0) is 10.6 Å². The number of benzene rings is 5. The third-order valence-corrected chi connectivity index (χ3v) is 14.8. The minimum absolute atomic E-state index is 0.0433. The van der Waals surface area contributed by atoms with Crippen molar-refractivity contribution in [3.63, 3.8) is 0 Å². The van der Waals surface area contributed by atoms with E-state index in [1.807, 2.05) is 0 Å². The van der Waals surface area contributed by atoms with Crippen molar-refractivity contribution < 1.29 is 0 Å². The van der Waals surface area contributed by atoms with Gasteiger partial charge < -0.3 is 0 Å². The minimum Gasteiger partial charge on any atom is -0.251 e. The second kappa shape index (κ2) is 12.7. The van der Waals surface area contributed by atoms with E-state index in [0.29, 0.717) is 11.8 Å². The van der Waals surface area contributed by atoms with Crippen LogP contribution < -0.4 is 0 Å². The van der Waals surface area contributed by atoms with E-state index in [4.69, 9.17) is 9.97 Å². The topological polar surface area (TPSA) is 25.8 Å². The highest BCUT2D eigenvalue weighted by molar-refractivity contribution is 7.19. The Morgan fingerprint density at radius 1 is 0.538 bits per heavy atom. The molecule has 4 aliphatic carbocycles. The minimum atomic E-state index is -0.719. The second-order valence-electron chi connectivity index (χ2n) is 15.8. The molecule has 0 spiro atoms. The van der Waals surface area contributed by atoms with Crippen LogP contribution in [0.1, 0.15) is 54.6 Å². The van der Waals surface area contributed by atoms with Crippen LogP contribution >= 0.6 is 18.5 Å². The van der Waals surface area contributed by atoms with Gasteiger partial charge in [0.1, 0.15) is 0 Å². The van der Waals surface area contributed by atoms with E-state index in [0.717, 1.165) is 51.2 Å². The van der Waals surface area contributed by atoms with Crippen molar-refractivity contribution in [1.29, 1.82) is 0 Å². The molecule has 11 rings (SSSR count). The lowest BCUT2D eigenvalue weighted by Crippen LogP contribution is -2.57. The number of nitrogens with zero attached hydrogens (tertiary/aromatic N) is 2. The van der Waals surface area contributed by atoms with Crippen LogP contribution in [-0.4, -0.2) is 16.1 Å². The van der Waals surface area contributed by atoms with Gasteiger partial charge in [-0.15, -0.1) is 18.5 Å². The van der Waals surface area contributed by atoms with Gasteiger partial charge in [0.05, 0.1) is 27.6 Å². The molecule has 4 fully saturated rings. The zero-order valence-electron chi connectivity index (χ0n) is 29.5. The maximum Gasteiger partial charge on any atom is 0.0936 e. The molecular formula is C48H44N2P2. The normalized spacial score (nSPS) is 23.7. The summed E-state index contributed by atoms with van der Waals surface area (Å²) in [7, 11) is 6.68. The summed E-state index contributed by atoms with van der Waals surface area (Å²) in [4.78, 5) is 11.0. The molecule has 0 radical (unpaired) electrons. The second-order valence-corrected chi connectivity index (χ2v) is 17.1. The van der Waals surface area contributed by atoms with E-state index in [1.54, 1.807) is 0 Å². The maximum absolute atomic E-state index is 5.52. The van der Waals surface area contributed by atoms with Gasteiger partial charge >= 0.3 is 0 Å². The first-order chi connectivity index (χ1) is 25.5. The van der Waals surface area contributed by atoms with Crippen LogP contribution in [0.15, 0.2) is 146 Å². The van der Waals surface area contributed by atoms with Gasteiger partial charge in [0.25, 0.3) is 0 Å². The average Bonchev–Trinajstić information content (AvgIpc) is 3.20. The van der Waals surface area contributed by atoms with Gasteiger partial charge in [-0.3, -0.25) is 9.97 Å². The van der Waals surface area contributed by atoms with Crippen molar-refractivity contribution in [3.05, 3.63) is 168 Å². The molecule has 0 aliphatic heterocycles. The standard InChI is InChI=1S/C48H44N2P2/c51-30-47(37-24-31-23-32(26-37)27-38(47)25-31)41-28-39(33-11-3-1-4-12-33)40(34-13-5-2-6-14-34)29-42(41)48(52,45-21-19-35-15-7-9-17-43(35)49-45)46-22-20-36-16-8-10-18-44(36)50-46/h1-22,28-29,31-32,37-38H,23-27,30,51-52H2. The number of hydrogen-bond acceptors (Lipinski definition) is 2. The highest BCUT2D eigenvalue weighted by Gasteiger charge is 2.58. The Labute approximate surface area is 311 Å². The zero-order chi connectivity index (χ0) is 34.9. The summed E-state index contributed by atoms with van der Waals surface area (Å²) in [6.45, 7) is 0. The lowest BCUT2D eigenvalue weighted by Gasteiger charge is -2.62. The Morgan fingerprint density at radius 3 is 1.50 bits per heavy atom. The van der Waals surface area contributed by atoms with Gasteiger partial charge in [-0.25, -0.2) is 0 Å². The SMILES string of the molecule is PCC1(c2cc(-c3ccccc3)c(-c3ccccc3)cc2C(P)(c2ccc3ccccc3n2)c2ccc3ccccc3n2)C2CC3CC(C2)CC1C3. The van der Waals surface area contributed by atoms with Crippen LogP contribution in [0.2, 0.25) is 0 Å². The van der Waals surface area contributed by atoms with Crippen molar-refractivity contribution in [2.24, 2.45) is 23.7 Å². The van der Waals surface area contributed by atoms with E-state index in [9.17, 15) is 0 Å². The number of hydrogen-bond donors (Lipinski definition) is 0. The lowest BCUT2D eigenvalue weighted by atomic mass is 9.43. The highest BCUT2D eigenvalue weighted by Crippen LogP contribution is 2.65. The highest BCUT2D eigenvalue weighted by atomic mass is 31.0. The molecule has 4 aliphatic rings. The van der Waals surface area contributed by atoms with Crippen molar-refractivity contribution in [1.82, 2.24) is 9.97 Å². The van der Waals surface area contributed by atoms with E-state index in [-0.39, 0.29) is 5.41 Å². The molecule has 4 saturated carbocycles. The summed E-state index contributed by atoms with van der Waals surface area (Å²) in [5.74, 6) is 3.07. The molecular weight excluding hydrogens is 666 g/mol. The third-order valence-electron chi connectivity index (χ3n) is 13.2. The first kappa shape index (κ1) is 32.4. The largest absolute Gasteiger partial charge is 0.251 e. The summed E-state index contributed by atoms with van der Waals surface area (Å²) in [6.07, 6.45) is 7.86. The third kappa shape index (κ3) is 5.05. The van der Waals surface area contributed by atoms with Gasteiger partial charge in [0.15, 0.2) is 0 Å². The van der Waals surface area contributed by atoms with E-state index < -0.39 is 5.16 Å². The predicted molar refractivity (Wildman–Crippen MR) is 224 cm³/mol. The Balaban J connectivity index is 1.34. The number of fused-ring (bicyclic) bond motifs is 2. The number of pyridine rings is 2. The van der Waals surface area contributed by atoms with Crippen molar-refractivity contribution in [2.75, 3.05) is 6.16 Å². The van der Waals surface area contributed by atoms with Gasteiger partial charge in [-0.05, 0) is 132 Å². The quantitative estimate of drug-likeness (QED) is 0.154. The Bertz CT molecular complexity index is 2330. The number of para-hydroxylation sites is 2. The fourth-order valence-electron chi connectivity index (χ4n) is 10.9. The molecule has 2 unspecified atom stereocenters. The summed E-state index contributed by atoms with van der Waals surface area (Å²) < 4.78 is 0. The molecule has 7 aromatic rings. The molecule has 2 nitrogen and oxygen atoms in total. The van der Waals surface area contributed by atoms with E-state index in [1.165, 1.54) is 65.5 Å². The predicted octanol–water partition coefficient (Wildman–Crippen LogP) is 11.9. The van der Waals surface area contributed by atoms with Crippen molar-refractivity contribution >= 4 is 40.3 Å². The molecule has 4 bridgehead atoms. The fraction of sp³-hybridized carbons (Fsp3) is 0.250. The first-order valence-electron chi connectivity index (χ1n) is 19.1. The molecule has 52 heavy (non-hydrogen) atoms. The van der Waals surface area contributed by atoms with Crippen LogP contribution in [0.4, 0.5) is 0 Å². The molecule has 0 N–H and O–H groups in total. The fourth-order valence-corrected chi connectivity index (χ4v) is 12.4. The molecule has 0 amide bonds. The smallest absolute Gasteiger partial charge is 0.0936 e. The van der Waals surface area contributed by atoms with E-state index >= 15 is 0 Å². The maximum atomic E-state index is 5.52. The average molecular weight is 711 g/mol. The van der Waals surface area contributed by atoms with Gasteiger partial charge in [0, 0.05) is 16.2 Å². The molecule has 2 aromatic heterocycles. The monoisotopic (exact) mass is 710 g/mol. The molecule has 2 atom stereocenters. The lowest BCUT2D eigenvalue weighted by molar-refractivity contribution is -0.0504. The molecule has 4 heteroatoms. The molecule has 256 valence electrons. The van der Waals surface area contributed by atoms with Gasteiger partial charge in [-0.2, -0.15) is 0 Å². The number of rotatable bonds is 7. The van der Waals surface area contributed by atoms with Crippen molar-refractivity contribution in [3.8, 4) is 22.3 Å². The summed E-state index contributed by atoms with van der Waals surface area (Å²) >= 11 is 0. The van der Waals surface area contributed by atoms with Gasteiger partial charge in [-0.1, -0.05) is 109 Å². The molecule has 5 aromatic carbocycles. The van der Waals surface area contributed by atoms with E-state index in [2.05, 4.69) is 164 Å². The van der Waals surface area contributed by atoms with Crippen LogP contribution in [0.25, 0.3) is 44.1 Å². The molecule has 0 saturated heterocycles. The Morgan fingerprint density at radius 2 is 1.00 bits per heavy atom. The zero-order valence-corrected chi connectivity index (χ0v) is 31.8. The first-order valence-corrected chi connectivity index (χ1v) is 20.5.